The first-order chi connectivity index (χ1) is 10.1. The zero-order valence-electron chi connectivity index (χ0n) is 12.0. The molecule has 0 spiro atoms. The zero-order valence-corrected chi connectivity index (χ0v) is 13.5. The van der Waals surface area contributed by atoms with E-state index in [0.717, 1.165) is 29.2 Å². The number of hydrogen-bond donors (Lipinski definition) is 1. The number of methoxy groups -OCH3 is 2. The Morgan fingerprint density at radius 1 is 0.810 bits per heavy atom. The summed E-state index contributed by atoms with van der Waals surface area (Å²) in [4.78, 5) is 0. The standard InChI is InChI=1S/C16H17Cl2NO2/c1-20-15-6-4-12(8-16(15)21-2)10-19-9-11-3-5-13(17)14(18)7-11/h3-8,19H,9-10H2,1-2H3. The van der Waals surface area contributed by atoms with E-state index in [1.54, 1.807) is 20.3 Å². The van der Waals surface area contributed by atoms with E-state index in [4.69, 9.17) is 32.7 Å². The van der Waals surface area contributed by atoms with Gasteiger partial charge in [-0.3, -0.25) is 0 Å². The Morgan fingerprint density at radius 2 is 1.43 bits per heavy atom. The van der Waals surface area contributed by atoms with Gasteiger partial charge >= 0.3 is 0 Å². The number of hydrogen-bond acceptors (Lipinski definition) is 3. The van der Waals surface area contributed by atoms with E-state index in [1.807, 2.05) is 30.3 Å². The molecule has 0 bridgehead atoms. The molecule has 0 aromatic heterocycles. The summed E-state index contributed by atoms with van der Waals surface area (Å²) >= 11 is 11.9. The van der Waals surface area contributed by atoms with Crippen LogP contribution in [0, 0.1) is 0 Å². The van der Waals surface area contributed by atoms with Gasteiger partial charge in [0.25, 0.3) is 0 Å². The van der Waals surface area contributed by atoms with Gasteiger partial charge in [0.15, 0.2) is 11.5 Å². The number of rotatable bonds is 6. The first-order valence-electron chi connectivity index (χ1n) is 6.49. The molecule has 21 heavy (non-hydrogen) atoms. The molecule has 0 radical (unpaired) electrons. The van der Waals surface area contributed by atoms with Crippen molar-refractivity contribution in [2.75, 3.05) is 14.2 Å². The molecule has 0 unspecified atom stereocenters. The molecule has 5 heteroatoms. The maximum Gasteiger partial charge on any atom is 0.161 e. The van der Waals surface area contributed by atoms with Crippen LogP contribution < -0.4 is 14.8 Å². The lowest BCUT2D eigenvalue weighted by molar-refractivity contribution is 0.354. The van der Waals surface area contributed by atoms with Crippen molar-refractivity contribution in [3.05, 3.63) is 57.6 Å². The highest BCUT2D eigenvalue weighted by molar-refractivity contribution is 6.42. The maximum atomic E-state index is 5.99. The monoisotopic (exact) mass is 325 g/mol. The van der Waals surface area contributed by atoms with Crippen LogP contribution in [0.1, 0.15) is 11.1 Å². The van der Waals surface area contributed by atoms with Crippen LogP contribution in [-0.4, -0.2) is 14.2 Å². The van der Waals surface area contributed by atoms with E-state index in [2.05, 4.69) is 5.32 Å². The summed E-state index contributed by atoms with van der Waals surface area (Å²) in [7, 11) is 3.25. The fourth-order valence-electron chi connectivity index (χ4n) is 1.99. The molecule has 0 aliphatic carbocycles. The van der Waals surface area contributed by atoms with Crippen molar-refractivity contribution in [2.24, 2.45) is 0 Å². The van der Waals surface area contributed by atoms with Crippen molar-refractivity contribution in [1.29, 1.82) is 0 Å². The third-order valence-corrected chi connectivity index (χ3v) is 3.83. The average molecular weight is 326 g/mol. The van der Waals surface area contributed by atoms with E-state index in [9.17, 15) is 0 Å². The molecular weight excluding hydrogens is 309 g/mol. The Hall–Kier alpha value is -1.42. The molecule has 0 fully saturated rings. The Morgan fingerprint density at radius 3 is 2.05 bits per heavy atom. The van der Waals surface area contributed by atoms with Crippen molar-refractivity contribution in [2.45, 2.75) is 13.1 Å². The summed E-state index contributed by atoms with van der Waals surface area (Å²) < 4.78 is 10.5. The van der Waals surface area contributed by atoms with Gasteiger partial charge in [-0.25, -0.2) is 0 Å². The molecule has 0 saturated heterocycles. The maximum absolute atomic E-state index is 5.99. The normalized spacial score (nSPS) is 10.5. The minimum atomic E-state index is 0.570. The van der Waals surface area contributed by atoms with Gasteiger partial charge in [0.1, 0.15) is 0 Å². The van der Waals surface area contributed by atoms with E-state index in [0.29, 0.717) is 16.6 Å². The number of halogens is 2. The van der Waals surface area contributed by atoms with Gasteiger partial charge in [0.05, 0.1) is 24.3 Å². The average Bonchev–Trinajstić information content (AvgIpc) is 2.50. The Kier molecular flexibility index (Phi) is 5.74. The fraction of sp³-hybridized carbons (Fsp3) is 0.250. The SMILES string of the molecule is COc1ccc(CNCc2ccc(Cl)c(Cl)c2)cc1OC. The highest BCUT2D eigenvalue weighted by atomic mass is 35.5. The Labute approximate surface area is 134 Å². The third kappa shape index (κ3) is 4.27. The van der Waals surface area contributed by atoms with E-state index < -0.39 is 0 Å². The first kappa shape index (κ1) is 16.0. The lowest BCUT2D eigenvalue weighted by atomic mass is 10.2. The molecule has 0 amide bonds. The minimum absolute atomic E-state index is 0.570. The van der Waals surface area contributed by atoms with Gasteiger partial charge in [0, 0.05) is 13.1 Å². The van der Waals surface area contributed by atoms with Crippen molar-refractivity contribution in [3.8, 4) is 11.5 Å². The topological polar surface area (TPSA) is 30.5 Å². The summed E-state index contributed by atoms with van der Waals surface area (Å²) in [6, 6.07) is 11.5. The van der Waals surface area contributed by atoms with Gasteiger partial charge in [-0.2, -0.15) is 0 Å². The van der Waals surface area contributed by atoms with Crippen LogP contribution >= 0.6 is 23.2 Å². The summed E-state index contributed by atoms with van der Waals surface area (Å²) in [5.74, 6) is 1.46. The largest absolute Gasteiger partial charge is 0.493 e. The second-order valence-electron chi connectivity index (χ2n) is 4.54. The van der Waals surface area contributed by atoms with Crippen LogP contribution in [0.2, 0.25) is 10.0 Å². The molecule has 3 nitrogen and oxygen atoms in total. The molecule has 2 aromatic rings. The first-order valence-corrected chi connectivity index (χ1v) is 7.25. The van der Waals surface area contributed by atoms with Gasteiger partial charge in [-0.05, 0) is 35.4 Å². The van der Waals surface area contributed by atoms with Crippen molar-refractivity contribution in [3.63, 3.8) is 0 Å². The van der Waals surface area contributed by atoms with Gasteiger partial charge in [0.2, 0.25) is 0 Å². The van der Waals surface area contributed by atoms with Crippen LogP contribution in [0.15, 0.2) is 36.4 Å². The van der Waals surface area contributed by atoms with Crippen LogP contribution in [-0.2, 0) is 13.1 Å². The molecule has 0 aliphatic rings. The van der Waals surface area contributed by atoms with Crippen molar-refractivity contribution < 1.29 is 9.47 Å². The Balaban J connectivity index is 1.95. The Bertz CT molecular complexity index is 617. The molecule has 112 valence electrons. The van der Waals surface area contributed by atoms with Crippen LogP contribution in [0.25, 0.3) is 0 Å². The van der Waals surface area contributed by atoms with Crippen molar-refractivity contribution in [1.82, 2.24) is 5.32 Å². The van der Waals surface area contributed by atoms with Gasteiger partial charge < -0.3 is 14.8 Å². The highest BCUT2D eigenvalue weighted by Gasteiger charge is 2.04. The van der Waals surface area contributed by atoms with Crippen molar-refractivity contribution >= 4 is 23.2 Å². The van der Waals surface area contributed by atoms with Crippen LogP contribution in [0.5, 0.6) is 11.5 Å². The van der Waals surface area contributed by atoms with E-state index in [-0.39, 0.29) is 0 Å². The predicted molar refractivity (Wildman–Crippen MR) is 86.6 cm³/mol. The summed E-state index contributed by atoms with van der Waals surface area (Å²) in [6.07, 6.45) is 0. The van der Waals surface area contributed by atoms with E-state index in [1.165, 1.54) is 0 Å². The second kappa shape index (κ2) is 7.55. The fourth-order valence-corrected chi connectivity index (χ4v) is 2.31. The lowest BCUT2D eigenvalue weighted by Crippen LogP contribution is -2.12. The number of nitrogens with one attached hydrogen (secondary N) is 1. The molecule has 0 aliphatic heterocycles. The molecule has 2 aromatic carbocycles. The van der Waals surface area contributed by atoms with E-state index >= 15 is 0 Å². The molecule has 2 rings (SSSR count). The third-order valence-electron chi connectivity index (χ3n) is 3.09. The molecule has 0 atom stereocenters. The molecule has 0 saturated carbocycles. The van der Waals surface area contributed by atoms with Crippen LogP contribution in [0.4, 0.5) is 0 Å². The molecule has 1 N–H and O–H groups in total. The minimum Gasteiger partial charge on any atom is -0.493 e. The zero-order chi connectivity index (χ0) is 15.2. The molecule has 0 heterocycles. The second-order valence-corrected chi connectivity index (χ2v) is 5.36. The number of ether oxygens (including phenoxy) is 2. The highest BCUT2D eigenvalue weighted by Crippen LogP contribution is 2.27. The predicted octanol–water partition coefficient (Wildman–Crippen LogP) is 4.30. The van der Waals surface area contributed by atoms with Gasteiger partial charge in [-0.1, -0.05) is 35.3 Å². The quantitative estimate of drug-likeness (QED) is 0.858. The van der Waals surface area contributed by atoms with Crippen LogP contribution in [0.3, 0.4) is 0 Å². The summed E-state index contributed by atoms with van der Waals surface area (Å²) in [5, 5.41) is 4.50. The molecular formula is C16H17Cl2NO2. The smallest absolute Gasteiger partial charge is 0.161 e. The summed E-state index contributed by atoms with van der Waals surface area (Å²) in [6.45, 7) is 1.44. The van der Waals surface area contributed by atoms with Gasteiger partial charge in [-0.15, -0.1) is 0 Å². The number of benzene rings is 2. The lowest BCUT2D eigenvalue weighted by Gasteiger charge is -2.10. The summed E-state index contributed by atoms with van der Waals surface area (Å²) in [5.41, 5.74) is 2.21.